The predicted octanol–water partition coefficient (Wildman–Crippen LogP) is 9.09. The van der Waals surface area contributed by atoms with Crippen LogP contribution in [0.4, 0.5) is 5.69 Å². The van der Waals surface area contributed by atoms with Crippen molar-refractivity contribution >= 4 is 56.9 Å². The van der Waals surface area contributed by atoms with Gasteiger partial charge in [-0.3, -0.25) is 4.72 Å². The average molecular weight is 676 g/mol. The van der Waals surface area contributed by atoms with Crippen LogP contribution >= 0.6 is 23.4 Å². The number of sulfonamides is 1. The van der Waals surface area contributed by atoms with Gasteiger partial charge in [-0.05, 0) is 61.4 Å². The largest absolute Gasteiger partial charge is 0.283 e. The lowest BCUT2D eigenvalue weighted by Crippen LogP contribution is -2.17. The summed E-state index contributed by atoms with van der Waals surface area (Å²) in [6, 6.07) is 15.5. The zero-order valence-electron chi connectivity index (χ0n) is 26.6. The molecular weight excluding hydrogens is 634 g/mol. The third-order valence-corrected chi connectivity index (χ3v) is 10.7. The first-order valence-electron chi connectivity index (χ1n) is 16.2. The third-order valence-electron chi connectivity index (χ3n) is 7.98. The Kier molecular flexibility index (Phi) is 12.1. The molecule has 0 bridgehead atoms. The van der Waals surface area contributed by atoms with Crippen LogP contribution in [0.3, 0.4) is 0 Å². The first-order valence-corrected chi connectivity index (χ1v) is 19.0. The number of aryl methyl sites for hydroxylation is 1. The van der Waals surface area contributed by atoms with E-state index in [9.17, 15) is 8.42 Å². The number of anilines is 1. The smallest absolute Gasteiger partial charge is 0.232 e. The summed E-state index contributed by atoms with van der Waals surface area (Å²) in [7, 11) is -3.53. The van der Waals surface area contributed by atoms with E-state index in [1.807, 2.05) is 49.4 Å². The van der Waals surface area contributed by atoms with E-state index in [4.69, 9.17) is 11.6 Å². The molecule has 1 N–H and O–H groups in total. The second kappa shape index (κ2) is 16.4. The summed E-state index contributed by atoms with van der Waals surface area (Å²) in [5, 5.41) is 14.8. The van der Waals surface area contributed by atoms with E-state index in [1.165, 1.54) is 55.4 Å². The summed E-state index contributed by atoms with van der Waals surface area (Å²) < 4.78 is 30.5. The van der Waals surface area contributed by atoms with Gasteiger partial charge in [0.1, 0.15) is 0 Å². The minimum Gasteiger partial charge on any atom is -0.283 e. The second-order valence-electron chi connectivity index (χ2n) is 11.6. The van der Waals surface area contributed by atoms with Gasteiger partial charge in [0.25, 0.3) is 0 Å². The number of aromatic nitrogens is 4. The van der Waals surface area contributed by atoms with Gasteiger partial charge in [-0.2, -0.15) is 9.61 Å². The number of nitrogens with zero attached hydrogens (tertiary/aromatic N) is 4. The minimum absolute atomic E-state index is 0.0850. The molecule has 7 nitrogen and oxygen atoms in total. The van der Waals surface area contributed by atoms with Crippen molar-refractivity contribution in [1.82, 2.24) is 19.8 Å². The highest BCUT2D eigenvalue weighted by atomic mass is 35.5. The van der Waals surface area contributed by atoms with Crippen LogP contribution in [0.2, 0.25) is 0 Å². The van der Waals surface area contributed by atoms with Gasteiger partial charge in [-0.25, -0.2) is 8.42 Å². The lowest BCUT2D eigenvalue weighted by atomic mass is 10.1. The topological polar surface area (TPSA) is 89.2 Å². The molecule has 0 spiro atoms. The van der Waals surface area contributed by atoms with Crippen LogP contribution < -0.4 is 9.94 Å². The normalized spacial score (nSPS) is 14.8. The van der Waals surface area contributed by atoms with Gasteiger partial charge < -0.3 is 0 Å². The highest BCUT2D eigenvalue weighted by Crippen LogP contribution is 2.36. The van der Waals surface area contributed by atoms with Gasteiger partial charge in [0.15, 0.2) is 11.5 Å². The maximum atomic E-state index is 13.0. The molecule has 0 saturated heterocycles. The summed E-state index contributed by atoms with van der Waals surface area (Å²) in [5.41, 5.74) is 3.57. The lowest BCUT2D eigenvalue weighted by molar-refractivity contribution is 0.558. The van der Waals surface area contributed by atoms with Crippen molar-refractivity contribution in [3.05, 3.63) is 93.2 Å². The Morgan fingerprint density at radius 2 is 1.61 bits per heavy atom. The van der Waals surface area contributed by atoms with Crippen molar-refractivity contribution in [2.24, 2.45) is 0 Å². The number of hydrogen-bond donors (Lipinski definition) is 1. The van der Waals surface area contributed by atoms with Crippen LogP contribution in [0.1, 0.15) is 82.4 Å². The molecule has 0 fully saturated rings. The molecule has 0 unspecified atom stereocenters. The molecule has 0 atom stereocenters. The van der Waals surface area contributed by atoms with E-state index >= 15 is 0 Å². The Morgan fingerprint density at radius 1 is 0.913 bits per heavy atom. The van der Waals surface area contributed by atoms with Crippen LogP contribution in [-0.2, 0) is 10.0 Å². The fourth-order valence-electron chi connectivity index (χ4n) is 5.49. The van der Waals surface area contributed by atoms with E-state index in [2.05, 4.69) is 51.2 Å². The monoisotopic (exact) mass is 675 g/mol. The number of allylic oxidation sites excluding steroid dienone is 4. The van der Waals surface area contributed by atoms with E-state index in [0.29, 0.717) is 34.2 Å². The quantitative estimate of drug-likeness (QED) is 0.119. The van der Waals surface area contributed by atoms with Gasteiger partial charge in [0.2, 0.25) is 10.0 Å². The van der Waals surface area contributed by atoms with Gasteiger partial charge in [0, 0.05) is 25.6 Å². The molecule has 2 aromatic heterocycles. The van der Waals surface area contributed by atoms with E-state index < -0.39 is 10.0 Å². The maximum Gasteiger partial charge on any atom is 0.232 e. The first kappa shape index (κ1) is 33.9. The van der Waals surface area contributed by atoms with Crippen molar-refractivity contribution in [2.45, 2.75) is 83.0 Å². The molecule has 3 heterocycles. The molecule has 0 radical (unpaired) electrons. The number of benzene rings is 2. The Balaban J connectivity index is 1.24. The number of fused-ring (bicyclic) bond motifs is 2. The average Bonchev–Trinajstić information content (AvgIpc) is 3.59. The van der Waals surface area contributed by atoms with Crippen molar-refractivity contribution in [2.75, 3.05) is 10.5 Å². The zero-order chi connectivity index (χ0) is 32.4. The SMILES string of the molecule is CCCCCCCCCCCCS(=O)(=O)Nc1ccccc1-c1nnc2/c(=C\C(Cl)=C\C=C3C=Cc4ccccc4S3)c(C)nn12. The lowest BCUT2D eigenvalue weighted by Gasteiger charge is -2.11. The molecule has 2 aromatic carbocycles. The number of thioether (sulfide) groups is 1. The summed E-state index contributed by atoms with van der Waals surface area (Å²) in [6.07, 6.45) is 21.4. The van der Waals surface area contributed by atoms with Crippen molar-refractivity contribution in [3.63, 3.8) is 0 Å². The molecule has 5 rings (SSSR count). The fraction of sp³-hybridized carbons (Fsp3) is 0.361. The summed E-state index contributed by atoms with van der Waals surface area (Å²) in [4.78, 5) is 2.30. The molecule has 242 valence electrons. The highest BCUT2D eigenvalue weighted by Gasteiger charge is 2.19. The number of nitrogens with one attached hydrogen (secondary N) is 1. The van der Waals surface area contributed by atoms with Gasteiger partial charge in [-0.1, -0.05) is 124 Å². The maximum absolute atomic E-state index is 13.0. The summed E-state index contributed by atoms with van der Waals surface area (Å²) in [6.45, 7) is 4.13. The van der Waals surface area contributed by atoms with Crippen LogP contribution in [0.25, 0.3) is 29.2 Å². The standard InChI is InChI=1S/C36H42ClN5O2S2/c1-3-4-5-6-7-8-9-10-11-16-25-46(43,44)41-33-19-14-13-18-31(33)35-38-39-36-32(27(2)40-42(35)36)26-29(37)22-24-30-23-21-28-17-12-15-20-34(28)45-30/h12-15,17-24,26,41H,3-11,16,25H2,1-2H3/b29-22-,30-24?,32-26-. The Morgan fingerprint density at radius 3 is 2.39 bits per heavy atom. The Labute approximate surface area is 282 Å². The number of halogens is 1. The van der Waals surface area contributed by atoms with Gasteiger partial charge in [-0.15, -0.1) is 10.2 Å². The molecule has 1 aliphatic heterocycles. The van der Waals surface area contributed by atoms with Crippen LogP contribution in [-0.4, -0.2) is 34.0 Å². The molecule has 0 amide bonds. The van der Waals surface area contributed by atoms with Gasteiger partial charge >= 0.3 is 0 Å². The molecular formula is C36H42ClN5O2S2. The van der Waals surface area contributed by atoms with E-state index in [-0.39, 0.29) is 5.75 Å². The van der Waals surface area contributed by atoms with Crippen molar-refractivity contribution in [3.8, 4) is 11.4 Å². The molecule has 46 heavy (non-hydrogen) atoms. The molecule has 0 saturated carbocycles. The first-order chi connectivity index (χ1) is 22.3. The predicted molar refractivity (Wildman–Crippen MR) is 193 cm³/mol. The summed E-state index contributed by atoms with van der Waals surface area (Å²) >= 11 is 8.35. The van der Waals surface area contributed by atoms with Crippen molar-refractivity contribution < 1.29 is 8.42 Å². The Hall–Kier alpha value is -3.40. The minimum atomic E-state index is -3.53. The number of unbranched alkanes of at least 4 members (excludes halogenated alkanes) is 9. The molecule has 10 heteroatoms. The van der Waals surface area contributed by atoms with Crippen molar-refractivity contribution in [1.29, 1.82) is 0 Å². The third kappa shape index (κ3) is 9.11. The number of hydrogen-bond acceptors (Lipinski definition) is 6. The van der Waals surface area contributed by atoms with Crippen LogP contribution in [0, 0.1) is 6.92 Å². The van der Waals surface area contributed by atoms with Gasteiger partial charge in [0.05, 0.1) is 17.1 Å². The van der Waals surface area contributed by atoms with E-state index in [1.54, 1.807) is 28.4 Å². The van der Waals surface area contributed by atoms with Crippen LogP contribution in [0.15, 0.2) is 81.6 Å². The van der Waals surface area contributed by atoms with Crippen LogP contribution in [0.5, 0.6) is 0 Å². The molecule has 4 aromatic rings. The molecule has 0 aliphatic carbocycles. The second-order valence-corrected chi connectivity index (χ2v) is 15.0. The highest BCUT2D eigenvalue weighted by molar-refractivity contribution is 8.03. The fourth-order valence-corrected chi connectivity index (χ4v) is 7.79. The number of rotatable bonds is 16. The summed E-state index contributed by atoms with van der Waals surface area (Å²) in [5.74, 6) is 0.543. The Bertz CT molecular complexity index is 1900. The van der Waals surface area contributed by atoms with E-state index in [0.717, 1.165) is 28.7 Å². The number of para-hydroxylation sites is 1. The molecule has 1 aliphatic rings. The zero-order valence-corrected chi connectivity index (χ0v) is 29.0.